The van der Waals surface area contributed by atoms with E-state index in [1.54, 1.807) is 11.0 Å². The van der Waals surface area contributed by atoms with Crippen molar-refractivity contribution >= 4 is 34.0 Å². The number of rotatable bonds is 5. The normalized spacial score (nSPS) is 16.6. The molecule has 2 amide bonds. The van der Waals surface area contributed by atoms with E-state index in [1.165, 1.54) is 11.3 Å². The molecule has 1 atom stereocenters. The molecule has 0 spiro atoms. The summed E-state index contributed by atoms with van der Waals surface area (Å²) in [4.78, 5) is 26.7. The molecular formula is C17H21N5O2S. The fourth-order valence-electron chi connectivity index (χ4n) is 2.83. The second kappa shape index (κ2) is 7.18. The van der Waals surface area contributed by atoms with E-state index in [0.717, 1.165) is 10.7 Å². The number of hydrogen-bond donors (Lipinski definition) is 2. The summed E-state index contributed by atoms with van der Waals surface area (Å²) in [6, 6.07) is 7.46. The van der Waals surface area contributed by atoms with Crippen LogP contribution in [0.3, 0.4) is 0 Å². The highest BCUT2D eigenvalue weighted by Crippen LogP contribution is 2.28. The van der Waals surface area contributed by atoms with Gasteiger partial charge in [-0.1, -0.05) is 37.3 Å². The number of nitrogens with one attached hydrogen (secondary N) is 2. The zero-order chi connectivity index (χ0) is 18.0. The number of amides is 2. The first-order valence-corrected chi connectivity index (χ1v) is 9.04. The molecule has 0 bridgehead atoms. The summed E-state index contributed by atoms with van der Waals surface area (Å²) in [5.74, 6) is -0.0101. The molecule has 25 heavy (non-hydrogen) atoms. The smallest absolute Gasteiger partial charge is 0.257 e. The molecule has 0 radical (unpaired) electrons. The first-order chi connectivity index (χ1) is 12.0. The maximum Gasteiger partial charge on any atom is 0.257 e. The zero-order valence-corrected chi connectivity index (χ0v) is 15.3. The molecule has 132 valence electrons. The van der Waals surface area contributed by atoms with Crippen LogP contribution in [0.2, 0.25) is 0 Å². The summed E-state index contributed by atoms with van der Waals surface area (Å²) in [7, 11) is 0. The van der Waals surface area contributed by atoms with Gasteiger partial charge < -0.3 is 15.5 Å². The number of aromatic nitrogens is 2. The van der Waals surface area contributed by atoms with Gasteiger partial charge in [-0.15, -0.1) is 10.2 Å². The highest BCUT2D eigenvalue weighted by atomic mass is 32.1. The topological polar surface area (TPSA) is 87.2 Å². The van der Waals surface area contributed by atoms with Crippen molar-refractivity contribution in [2.75, 3.05) is 17.2 Å². The first-order valence-electron chi connectivity index (χ1n) is 8.22. The Hall–Kier alpha value is -2.48. The maximum atomic E-state index is 12.8. The molecule has 0 unspecified atom stereocenters. The van der Waals surface area contributed by atoms with Gasteiger partial charge in [0.25, 0.3) is 5.91 Å². The Morgan fingerprint density at radius 3 is 2.80 bits per heavy atom. The lowest BCUT2D eigenvalue weighted by molar-refractivity contribution is -0.116. The Morgan fingerprint density at radius 1 is 1.36 bits per heavy atom. The quantitative estimate of drug-likeness (QED) is 0.857. The van der Waals surface area contributed by atoms with E-state index >= 15 is 0 Å². The lowest BCUT2D eigenvalue weighted by atomic mass is 10.0. The van der Waals surface area contributed by atoms with E-state index in [-0.39, 0.29) is 30.3 Å². The van der Waals surface area contributed by atoms with Crippen LogP contribution in [0.25, 0.3) is 0 Å². The molecule has 7 nitrogen and oxygen atoms in total. The highest BCUT2D eigenvalue weighted by Gasteiger charge is 2.33. The molecule has 1 aliphatic rings. The molecule has 2 aromatic rings. The summed E-state index contributed by atoms with van der Waals surface area (Å²) < 4.78 is 0. The number of carbonyl (C=O) groups excluding carboxylic acids is 2. The Kier molecular flexibility index (Phi) is 4.98. The van der Waals surface area contributed by atoms with Crippen LogP contribution in [-0.4, -0.2) is 39.6 Å². The maximum absolute atomic E-state index is 12.8. The van der Waals surface area contributed by atoms with Gasteiger partial charge in [-0.05, 0) is 25.0 Å². The minimum atomic E-state index is -0.176. The lowest BCUT2D eigenvalue weighted by Crippen LogP contribution is -2.52. The summed E-state index contributed by atoms with van der Waals surface area (Å²) in [6.45, 7) is 6.27. The number of carbonyl (C=O) groups is 2. The fraction of sp³-hybridized carbons (Fsp3) is 0.412. The molecule has 1 aromatic carbocycles. The lowest BCUT2D eigenvalue weighted by Gasteiger charge is -2.40. The van der Waals surface area contributed by atoms with Crippen LogP contribution >= 0.6 is 11.3 Å². The standard InChI is InChI=1S/C17H21N5O2S/c1-10(2)15-18-13-7-5-4-6-12(13)16(24)22(15)9-8-14(23)19-17-21-20-11(3)25-17/h4-7,10,15,18H,8-9H2,1-3H3,(H,19,21,23)/t15-/m0/s1. The minimum Gasteiger partial charge on any atom is -0.364 e. The van der Waals surface area contributed by atoms with Crippen molar-refractivity contribution < 1.29 is 9.59 Å². The van der Waals surface area contributed by atoms with Gasteiger partial charge >= 0.3 is 0 Å². The van der Waals surface area contributed by atoms with Gasteiger partial charge in [-0.2, -0.15) is 0 Å². The van der Waals surface area contributed by atoms with Crippen molar-refractivity contribution in [3.8, 4) is 0 Å². The monoisotopic (exact) mass is 359 g/mol. The molecule has 8 heteroatoms. The van der Waals surface area contributed by atoms with Crippen LogP contribution < -0.4 is 10.6 Å². The summed E-state index contributed by atoms with van der Waals surface area (Å²) in [5.41, 5.74) is 1.48. The van der Waals surface area contributed by atoms with Gasteiger partial charge in [0.1, 0.15) is 11.2 Å². The van der Waals surface area contributed by atoms with Gasteiger partial charge in [0.05, 0.1) is 5.56 Å². The van der Waals surface area contributed by atoms with Crippen LogP contribution in [0.15, 0.2) is 24.3 Å². The molecule has 0 saturated carbocycles. The van der Waals surface area contributed by atoms with Gasteiger partial charge in [-0.3, -0.25) is 9.59 Å². The average Bonchev–Trinajstić information content (AvgIpc) is 2.98. The van der Waals surface area contributed by atoms with Crippen molar-refractivity contribution in [3.63, 3.8) is 0 Å². The highest BCUT2D eigenvalue weighted by molar-refractivity contribution is 7.15. The third-order valence-corrected chi connectivity index (χ3v) is 4.80. The molecule has 1 aliphatic heterocycles. The van der Waals surface area contributed by atoms with Gasteiger partial charge in [0.15, 0.2) is 0 Å². The van der Waals surface area contributed by atoms with E-state index in [2.05, 4.69) is 34.7 Å². The van der Waals surface area contributed by atoms with E-state index in [9.17, 15) is 9.59 Å². The van der Waals surface area contributed by atoms with E-state index < -0.39 is 0 Å². The number of anilines is 2. The SMILES string of the molecule is Cc1nnc(NC(=O)CCN2C(=O)c3ccccc3N[C@@H]2C(C)C)s1. The summed E-state index contributed by atoms with van der Waals surface area (Å²) in [6.07, 6.45) is 0.0659. The summed E-state index contributed by atoms with van der Waals surface area (Å²) in [5, 5.41) is 15.2. The Morgan fingerprint density at radius 2 is 2.12 bits per heavy atom. The predicted octanol–water partition coefficient (Wildman–Crippen LogP) is 2.73. The van der Waals surface area contributed by atoms with E-state index in [1.807, 2.05) is 25.1 Å². The van der Waals surface area contributed by atoms with Gasteiger partial charge in [-0.25, -0.2) is 0 Å². The zero-order valence-electron chi connectivity index (χ0n) is 14.4. The second-order valence-corrected chi connectivity index (χ2v) is 7.48. The minimum absolute atomic E-state index is 0.0485. The van der Waals surface area contributed by atoms with Crippen molar-refractivity contribution in [2.45, 2.75) is 33.4 Å². The largest absolute Gasteiger partial charge is 0.364 e. The van der Waals surface area contributed by atoms with E-state index in [0.29, 0.717) is 17.2 Å². The van der Waals surface area contributed by atoms with Crippen molar-refractivity contribution in [1.29, 1.82) is 0 Å². The number of aryl methyl sites for hydroxylation is 1. The number of para-hydroxylation sites is 1. The Labute approximate surface area is 150 Å². The molecule has 0 aliphatic carbocycles. The molecule has 2 heterocycles. The Bertz CT molecular complexity index is 789. The molecular weight excluding hydrogens is 338 g/mol. The number of fused-ring (bicyclic) bond motifs is 1. The van der Waals surface area contributed by atoms with Gasteiger partial charge in [0.2, 0.25) is 11.0 Å². The van der Waals surface area contributed by atoms with Crippen molar-refractivity contribution in [1.82, 2.24) is 15.1 Å². The van der Waals surface area contributed by atoms with Crippen molar-refractivity contribution in [2.24, 2.45) is 5.92 Å². The predicted molar refractivity (Wildman–Crippen MR) is 97.6 cm³/mol. The second-order valence-electron chi connectivity index (χ2n) is 6.30. The Balaban J connectivity index is 1.69. The van der Waals surface area contributed by atoms with Crippen LogP contribution in [0.4, 0.5) is 10.8 Å². The molecule has 1 aromatic heterocycles. The molecule has 2 N–H and O–H groups in total. The molecule has 3 rings (SSSR count). The molecule has 0 saturated heterocycles. The molecule has 0 fully saturated rings. The van der Waals surface area contributed by atoms with Crippen molar-refractivity contribution in [3.05, 3.63) is 34.8 Å². The van der Waals surface area contributed by atoms with Crippen LogP contribution in [0.1, 0.15) is 35.6 Å². The number of benzene rings is 1. The third kappa shape index (κ3) is 3.79. The number of hydrogen-bond acceptors (Lipinski definition) is 6. The third-order valence-electron chi connectivity index (χ3n) is 4.04. The first kappa shape index (κ1) is 17.3. The van der Waals surface area contributed by atoms with Crippen LogP contribution in [0.5, 0.6) is 0 Å². The van der Waals surface area contributed by atoms with Crippen LogP contribution in [0, 0.1) is 12.8 Å². The average molecular weight is 359 g/mol. The number of nitrogens with zero attached hydrogens (tertiary/aromatic N) is 3. The van der Waals surface area contributed by atoms with E-state index in [4.69, 9.17) is 0 Å². The van der Waals surface area contributed by atoms with Gasteiger partial charge in [0, 0.05) is 18.7 Å². The fourth-order valence-corrected chi connectivity index (χ4v) is 3.44. The van der Waals surface area contributed by atoms with Crippen LogP contribution in [-0.2, 0) is 4.79 Å². The summed E-state index contributed by atoms with van der Waals surface area (Å²) >= 11 is 1.33.